The average molecular weight is 519 g/mol. The van der Waals surface area contributed by atoms with Gasteiger partial charge in [0, 0.05) is 17.0 Å². The summed E-state index contributed by atoms with van der Waals surface area (Å²) in [5.74, 6) is -0.614. The molecule has 8 nitrogen and oxygen atoms in total. The van der Waals surface area contributed by atoms with Gasteiger partial charge in [-0.25, -0.2) is 14.0 Å². The van der Waals surface area contributed by atoms with Crippen molar-refractivity contribution in [2.24, 2.45) is 0 Å². The third kappa shape index (κ3) is 4.88. The molecule has 3 aromatic carbocycles. The molecule has 188 valence electrons. The Morgan fingerprint density at radius 2 is 1.86 bits per heavy atom. The van der Waals surface area contributed by atoms with Crippen molar-refractivity contribution in [2.45, 2.75) is 26.3 Å². The Morgan fingerprint density at radius 3 is 2.57 bits per heavy atom. The van der Waals surface area contributed by atoms with Crippen molar-refractivity contribution in [3.05, 3.63) is 93.1 Å². The maximum absolute atomic E-state index is 14.9. The standard InChI is InChI=1S/C27H23FN4O4S/c1-15(2)24-30-31-25(37-24)16-8-10-18(11-9-16)36-23-13-19(26(33)35-3)20(28)12-17(23)14-32-22-7-5-4-6-21(22)29-27(32)34/h4-13,15H,14H2,1-3H3,(H,29,34). The van der Waals surface area contributed by atoms with Crippen molar-refractivity contribution in [1.82, 2.24) is 19.7 Å². The number of fused-ring (bicyclic) bond motifs is 1. The second-order valence-electron chi connectivity index (χ2n) is 8.69. The van der Waals surface area contributed by atoms with E-state index < -0.39 is 11.8 Å². The fourth-order valence-electron chi connectivity index (χ4n) is 3.89. The highest BCUT2D eigenvalue weighted by atomic mass is 32.1. The molecule has 5 aromatic rings. The Balaban J connectivity index is 1.50. The number of halogens is 1. The van der Waals surface area contributed by atoms with Crippen molar-refractivity contribution in [3.8, 4) is 22.1 Å². The number of carbonyl (C=O) groups excluding carboxylic acids is 1. The minimum atomic E-state index is -0.828. The Kier molecular flexibility index (Phi) is 6.58. The van der Waals surface area contributed by atoms with Gasteiger partial charge in [-0.3, -0.25) is 4.57 Å². The van der Waals surface area contributed by atoms with E-state index in [4.69, 9.17) is 9.47 Å². The van der Waals surface area contributed by atoms with Gasteiger partial charge in [-0.2, -0.15) is 0 Å². The van der Waals surface area contributed by atoms with Gasteiger partial charge in [-0.1, -0.05) is 37.3 Å². The molecule has 0 atom stereocenters. The number of hydrogen-bond donors (Lipinski definition) is 1. The number of esters is 1. The average Bonchev–Trinajstić information content (AvgIpc) is 3.51. The largest absolute Gasteiger partial charge is 0.465 e. The van der Waals surface area contributed by atoms with E-state index in [-0.39, 0.29) is 23.5 Å². The number of rotatable bonds is 7. The van der Waals surface area contributed by atoms with Crippen LogP contribution in [-0.2, 0) is 11.3 Å². The summed E-state index contributed by atoms with van der Waals surface area (Å²) in [5, 5.41) is 10.2. The molecule has 2 heterocycles. The third-order valence-corrected chi connectivity index (χ3v) is 7.10. The first kappa shape index (κ1) is 24.4. The van der Waals surface area contributed by atoms with E-state index in [2.05, 4.69) is 29.0 Å². The van der Waals surface area contributed by atoms with E-state index in [1.165, 1.54) is 35.1 Å². The van der Waals surface area contributed by atoms with Crippen LogP contribution in [0.3, 0.4) is 0 Å². The van der Waals surface area contributed by atoms with Crippen LogP contribution in [-0.4, -0.2) is 32.8 Å². The fourth-order valence-corrected chi connectivity index (χ4v) is 4.74. The Labute approximate surface area is 215 Å². The number of carbonyl (C=O) groups is 1. The lowest BCUT2D eigenvalue weighted by molar-refractivity contribution is 0.0595. The molecule has 0 spiro atoms. The fraction of sp³-hybridized carbons (Fsp3) is 0.185. The van der Waals surface area contributed by atoms with Crippen LogP contribution in [0.2, 0.25) is 0 Å². The van der Waals surface area contributed by atoms with Gasteiger partial charge in [0.25, 0.3) is 0 Å². The minimum absolute atomic E-state index is 0.0252. The van der Waals surface area contributed by atoms with E-state index in [9.17, 15) is 14.0 Å². The first-order valence-electron chi connectivity index (χ1n) is 11.5. The zero-order chi connectivity index (χ0) is 26.1. The summed E-state index contributed by atoms with van der Waals surface area (Å²) >= 11 is 1.53. The zero-order valence-corrected chi connectivity index (χ0v) is 21.1. The van der Waals surface area contributed by atoms with Crippen molar-refractivity contribution < 1.29 is 18.7 Å². The SMILES string of the molecule is COC(=O)c1cc(Oc2ccc(-c3nnc(C(C)C)s3)cc2)c(Cn2c(=O)[nH]c3ccccc32)cc1F. The number of hydrogen-bond acceptors (Lipinski definition) is 7. The first-order valence-corrected chi connectivity index (χ1v) is 12.4. The predicted octanol–water partition coefficient (Wildman–Crippen LogP) is 5.74. The number of para-hydroxylation sites is 2. The molecule has 0 aliphatic heterocycles. The molecule has 1 N–H and O–H groups in total. The summed E-state index contributed by atoms with van der Waals surface area (Å²) in [6, 6.07) is 16.9. The number of imidazole rings is 1. The number of aromatic nitrogens is 4. The van der Waals surface area contributed by atoms with Crippen LogP contribution in [0.5, 0.6) is 11.5 Å². The Bertz CT molecular complexity index is 1650. The maximum atomic E-state index is 14.9. The zero-order valence-electron chi connectivity index (χ0n) is 20.3. The van der Waals surface area contributed by atoms with Crippen molar-refractivity contribution in [2.75, 3.05) is 7.11 Å². The number of nitrogens with zero attached hydrogens (tertiary/aromatic N) is 3. The van der Waals surface area contributed by atoms with Crippen LogP contribution in [0, 0.1) is 5.82 Å². The number of ether oxygens (including phenoxy) is 2. The highest BCUT2D eigenvalue weighted by molar-refractivity contribution is 7.14. The molecule has 5 rings (SSSR count). The summed E-state index contributed by atoms with van der Waals surface area (Å²) in [5.41, 5.74) is 1.99. The number of aromatic amines is 1. The molecule has 37 heavy (non-hydrogen) atoms. The molecule has 0 unspecified atom stereocenters. The van der Waals surface area contributed by atoms with Gasteiger partial charge < -0.3 is 14.5 Å². The molecular formula is C27H23FN4O4S. The van der Waals surface area contributed by atoms with Crippen molar-refractivity contribution in [1.29, 1.82) is 0 Å². The van der Waals surface area contributed by atoms with Crippen LogP contribution in [0.25, 0.3) is 21.6 Å². The summed E-state index contributed by atoms with van der Waals surface area (Å²) in [6.45, 7) is 4.15. The van der Waals surface area contributed by atoms with Gasteiger partial charge in [0.1, 0.15) is 27.3 Å². The second-order valence-corrected chi connectivity index (χ2v) is 9.70. The Hall–Kier alpha value is -4.31. The quantitative estimate of drug-likeness (QED) is 0.276. The lowest BCUT2D eigenvalue weighted by Gasteiger charge is -2.14. The van der Waals surface area contributed by atoms with Crippen LogP contribution in [0.4, 0.5) is 4.39 Å². The summed E-state index contributed by atoms with van der Waals surface area (Å²) in [6.07, 6.45) is 0. The summed E-state index contributed by atoms with van der Waals surface area (Å²) < 4.78 is 27.2. The highest BCUT2D eigenvalue weighted by Gasteiger charge is 2.20. The molecule has 0 saturated carbocycles. The predicted molar refractivity (Wildman–Crippen MR) is 139 cm³/mol. The third-order valence-electron chi connectivity index (χ3n) is 5.83. The van der Waals surface area contributed by atoms with E-state index >= 15 is 0 Å². The molecular weight excluding hydrogens is 495 g/mol. The van der Waals surface area contributed by atoms with Gasteiger partial charge in [-0.05, 0) is 48.5 Å². The van der Waals surface area contributed by atoms with Gasteiger partial charge in [0.2, 0.25) is 0 Å². The van der Waals surface area contributed by atoms with E-state index in [1.54, 1.807) is 24.3 Å². The topological polar surface area (TPSA) is 99.1 Å². The number of benzene rings is 3. The van der Waals surface area contributed by atoms with Crippen molar-refractivity contribution in [3.63, 3.8) is 0 Å². The first-order chi connectivity index (χ1) is 17.8. The second kappa shape index (κ2) is 9.98. The lowest BCUT2D eigenvalue weighted by atomic mass is 10.1. The molecule has 0 aliphatic rings. The molecule has 2 aromatic heterocycles. The smallest absolute Gasteiger partial charge is 0.340 e. The minimum Gasteiger partial charge on any atom is -0.465 e. The van der Waals surface area contributed by atoms with Crippen LogP contribution in [0.15, 0.2) is 65.5 Å². The number of methoxy groups -OCH3 is 1. The summed E-state index contributed by atoms with van der Waals surface area (Å²) in [4.78, 5) is 27.6. The monoisotopic (exact) mass is 518 g/mol. The van der Waals surface area contributed by atoms with E-state index in [0.717, 1.165) is 15.6 Å². The molecule has 10 heteroatoms. The van der Waals surface area contributed by atoms with E-state index in [1.807, 2.05) is 24.3 Å². The summed E-state index contributed by atoms with van der Waals surface area (Å²) in [7, 11) is 1.18. The van der Waals surface area contributed by atoms with E-state index in [0.29, 0.717) is 28.3 Å². The van der Waals surface area contributed by atoms with Gasteiger partial charge in [0.05, 0.1) is 30.3 Å². The number of nitrogens with one attached hydrogen (secondary N) is 1. The highest BCUT2D eigenvalue weighted by Crippen LogP contribution is 2.32. The van der Waals surface area contributed by atoms with Crippen molar-refractivity contribution >= 4 is 28.3 Å². The van der Waals surface area contributed by atoms with Crippen LogP contribution < -0.4 is 10.4 Å². The molecule has 0 amide bonds. The molecule has 0 saturated heterocycles. The lowest BCUT2D eigenvalue weighted by Crippen LogP contribution is -2.18. The molecule has 0 aliphatic carbocycles. The normalized spacial score (nSPS) is 11.3. The molecule has 0 radical (unpaired) electrons. The maximum Gasteiger partial charge on any atom is 0.340 e. The van der Waals surface area contributed by atoms with Gasteiger partial charge >= 0.3 is 11.7 Å². The van der Waals surface area contributed by atoms with Gasteiger partial charge in [0.15, 0.2) is 0 Å². The Morgan fingerprint density at radius 1 is 1.11 bits per heavy atom. The van der Waals surface area contributed by atoms with Gasteiger partial charge in [-0.15, -0.1) is 10.2 Å². The van der Waals surface area contributed by atoms with Crippen LogP contribution >= 0.6 is 11.3 Å². The number of H-pyrrole nitrogens is 1. The molecule has 0 bridgehead atoms. The molecule has 0 fully saturated rings. The van der Waals surface area contributed by atoms with Crippen LogP contribution in [0.1, 0.15) is 40.7 Å².